The molecule has 73 heavy (non-hydrogen) atoms. The topological polar surface area (TPSA) is 170 Å². The first kappa shape index (κ1) is 65.9. The van der Waals surface area contributed by atoms with Crippen LogP contribution in [0.15, 0.2) is 65.6 Å². The molecule has 0 unspecified atom stereocenters. The molecule has 2 aliphatic carbocycles. The van der Waals surface area contributed by atoms with Crippen LogP contribution in [0.1, 0.15) is 182 Å². The fourth-order valence-corrected chi connectivity index (χ4v) is 10.1. The van der Waals surface area contributed by atoms with Crippen LogP contribution in [-0.2, 0) is 57.1 Å². The number of unbranched alkanes of at least 4 members (excludes halogenated alkanes) is 10. The van der Waals surface area contributed by atoms with Crippen molar-refractivity contribution in [3.8, 4) is 0 Å². The van der Waals surface area contributed by atoms with Crippen molar-refractivity contribution in [3.05, 3.63) is 66.3 Å². The summed E-state index contributed by atoms with van der Waals surface area (Å²) >= 11 is 0. The molecule has 1 saturated carbocycles. The van der Waals surface area contributed by atoms with E-state index >= 15 is 0 Å². The van der Waals surface area contributed by atoms with Crippen LogP contribution in [0, 0.1) is 30.6 Å². The molecule has 1 fully saturated rings. The van der Waals surface area contributed by atoms with Gasteiger partial charge in [0.2, 0.25) is 0 Å². The standard InChI is InChI=1S/C33H54O8S.C26H44O5/c1-5-6-7-10-13-21-38-23-24-39-22-20-30-29(14-11-8-9-12-15-33(35)40-26(2)3)31(34)25-32(30)41-42(36,37)28-18-16-27(4)17-19-28;1-4-5-6-9-12-18-29-20-21-30-19-17-23-15-16-25(27)24(23)13-10-7-8-11-14-26(28)31-22(2)3/h8,11,16-19,26,29-32,34H,5-7,9-10,12-15,20-25H2,1-4H3;7,10,15-16,22-24H,4-6,8-9,11-14,17-21H2,1-3H3/b11-8-;10-7-/t29-,30-,31+,32-;23-,24-/m11/s1. The van der Waals surface area contributed by atoms with Gasteiger partial charge in [-0.15, -0.1) is 0 Å². The summed E-state index contributed by atoms with van der Waals surface area (Å²) in [6.45, 7) is 18.6. The van der Waals surface area contributed by atoms with Crippen molar-refractivity contribution in [1.82, 2.24) is 0 Å². The number of aryl methyl sites for hydroxylation is 1. The molecule has 0 heterocycles. The summed E-state index contributed by atoms with van der Waals surface area (Å²) in [6.07, 6.45) is 29.5. The number of ketones is 1. The van der Waals surface area contributed by atoms with Gasteiger partial charge >= 0.3 is 11.9 Å². The van der Waals surface area contributed by atoms with Gasteiger partial charge < -0.3 is 33.5 Å². The Bertz CT molecular complexity index is 1790. The van der Waals surface area contributed by atoms with Crippen LogP contribution in [0.5, 0.6) is 0 Å². The average molecular weight is 1050 g/mol. The monoisotopic (exact) mass is 1050 g/mol. The lowest BCUT2D eigenvalue weighted by Crippen LogP contribution is -2.27. The third-order valence-electron chi connectivity index (χ3n) is 13.0. The first-order chi connectivity index (χ1) is 35.2. The van der Waals surface area contributed by atoms with E-state index in [1.165, 1.54) is 51.4 Å². The molecule has 13 nitrogen and oxygen atoms in total. The van der Waals surface area contributed by atoms with Crippen molar-refractivity contribution in [1.29, 1.82) is 0 Å². The molecule has 0 bridgehead atoms. The van der Waals surface area contributed by atoms with E-state index in [1.54, 1.807) is 30.3 Å². The molecule has 3 rings (SSSR count). The Morgan fingerprint density at radius 2 is 1.12 bits per heavy atom. The smallest absolute Gasteiger partial charge is 0.306 e. The molecule has 418 valence electrons. The van der Waals surface area contributed by atoms with Gasteiger partial charge in [0, 0.05) is 51.6 Å². The number of hydrogen-bond donors (Lipinski definition) is 1. The highest BCUT2D eigenvalue weighted by molar-refractivity contribution is 7.86. The van der Waals surface area contributed by atoms with Crippen LogP contribution in [-0.4, -0.2) is 109 Å². The molecule has 0 radical (unpaired) electrons. The van der Waals surface area contributed by atoms with E-state index in [1.807, 2.05) is 52.8 Å². The molecule has 0 saturated heterocycles. The second kappa shape index (κ2) is 41.0. The van der Waals surface area contributed by atoms with E-state index < -0.39 is 22.3 Å². The molecular weight excluding hydrogens is 949 g/mol. The Labute approximate surface area is 442 Å². The second-order valence-corrected chi connectivity index (χ2v) is 21.8. The number of allylic oxidation sites excluding steroid dienone is 6. The summed E-state index contributed by atoms with van der Waals surface area (Å²) in [5, 5.41) is 10.9. The van der Waals surface area contributed by atoms with Crippen molar-refractivity contribution < 1.29 is 60.5 Å². The highest BCUT2D eigenvalue weighted by Crippen LogP contribution is 2.40. The van der Waals surface area contributed by atoms with Crippen molar-refractivity contribution in [2.45, 2.75) is 213 Å². The summed E-state index contributed by atoms with van der Waals surface area (Å²) in [4.78, 5) is 35.5. The maximum Gasteiger partial charge on any atom is 0.306 e. The Kier molecular flexibility index (Phi) is 37.0. The first-order valence-corrected chi connectivity index (χ1v) is 29.5. The summed E-state index contributed by atoms with van der Waals surface area (Å²) in [5.74, 6) is -0.212. The average Bonchev–Trinajstić information content (AvgIpc) is 3.84. The molecule has 6 atom stereocenters. The third-order valence-corrected chi connectivity index (χ3v) is 14.4. The SMILES string of the molecule is CCCCCCCOCCOCC[C@@H]1[C@@H](C/C=C\CCCC(=O)OC(C)C)[C@@H](O)C[C@H]1OS(=O)(=O)c1ccc(C)cc1.CCCCCCCOCCOCC[C@H]1C=CC(=O)[C@@H]1C/C=C\CCCC(=O)OC(C)C. The Morgan fingerprint density at radius 3 is 1.64 bits per heavy atom. The van der Waals surface area contributed by atoms with Gasteiger partial charge in [-0.05, 0) is 135 Å². The number of hydrogen-bond acceptors (Lipinski definition) is 13. The number of carbonyl (C=O) groups excluding carboxylic acids is 3. The third kappa shape index (κ3) is 31.4. The summed E-state index contributed by atoms with van der Waals surface area (Å²) in [5.41, 5.74) is 0.962. The highest BCUT2D eigenvalue weighted by Gasteiger charge is 2.44. The van der Waals surface area contributed by atoms with Crippen LogP contribution < -0.4 is 0 Å². The van der Waals surface area contributed by atoms with Crippen LogP contribution >= 0.6 is 0 Å². The number of aliphatic hydroxyl groups excluding tert-OH is 1. The quantitative estimate of drug-likeness (QED) is 0.0285. The Balaban J connectivity index is 0.000000524. The molecule has 1 aromatic rings. The van der Waals surface area contributed by atoms with Gasteiger partial charge in [-0.1, -0.05) is 113 Å². The minimum Gasteiger partial charge on any atom is -0.463 e. The summed E-state index contributed by atoms with van der Waals surface area (Å²) in [7, 11) is -3.98. The van der Waals surface area contributed by atoms with Crippen molar-refractivity contribution in [3.63, 3.8) is 0 Å². The Hall–Kier alpha value is -3.24. The van der Waals surface area contributed by atoms with Gasteiger partial charge in [-0.3, -0.25) is 18.6 Å². The first-order valence-electron chi connectivity index (χ1n) is 28.1. The number of ether oxygens (including phenoxy) is 6. The van der Waals surface area contributed by atoms with E-state index in [4.69, 9.17) is 32.6 Å². The number of aliphatic hydroxyl groups is 1. The van der Waals surface area contributed by atoms with Gasteiger partial charge in [-0.25, -0.2) is 0 Å². The van der Waals surface area contributed by atoms with Crippen molar-refractivity contribution in [2.75, 3.05) is 52.9 Å². The second-order valence-electron chi connectivity index (χ2n) is 20.2. The maximum absolute atomic E-state index is 13.1. The predicted octanol–water partition coefficient (Wildman–Crippen LogP) is 12.3. The zero-order valence-electron chi connectivity index (χ0n) is 46.2. The predicted molar refractivity (Wildman–Crippen MR) is 290 cm³/mol. The fraction of sp³-hybridized carbons (Fsp3) is 0.746. The van der Waals surface area contributed by atoms with Gasteiger partial charge in [0.25, 0.3) is 10.1 Å². The summed E-state index contributed by atoms with van der Waals surface area (Å²) < 4.78 is 65.0. The number of benzene rings is 1. The highest BCUT2D eigenvalue weighted by atomic mass is 32.2. The van der Waals surface area contributed by atoms with Crippen molar-refractivity contribution in [2.24, 2.45) is 23.7 Å². The van der Waals surface area contributed by atoms with E-state index in [2.05, 4.69) is 26.0 Å². The van der Waals surface area contributed by atoms with Crippen molar-refractivity contribution >= 4 is 27.8 Å². The molecule has 0 aromatic heterocycles. The lowest BCUT2D eigenvalue weighted by Gasteiger charge is -2.24. The Morgan fingerprint density at radius 1 is 0.630 bits per heavy atom. The zero-order chi connectivity index (χ0) is 53.5. The number of rotatable bonds is 41. The van der Waals surface area contributed by atoms with Crippen LogP contribution in [0.4, 0.5) is 0 Å². The summed E-state index contributed by atoms with van der Waals surface area (Å²) in [6, 6.07) is 6.59. The fourth-order valence-electron chi connectivity index (χ4n) is 8.99. The van der Waals surface area contributed by atoms with Crippen LogP contribution in [0.25, 0.3) is 0 Å². The molecule has 2 aliphatic rings. The molecule has 1 N–H and O–H groups in total. The van der Waals surface area contributed by atoms with Gasteiger partial charge in [0.15, 0.2) is 5.78 Å². The molecular formula is C59H98O13S. The largest absolute Gasteiger partial charge is 0.463 e. The van der Waals surface area contributed by atoms with Crippen LogP contribution in [0.3, 0.4) is 0 Å². The molecule has 0 aliphatic heterocycles. The molecule has 0 spiro atoms. The number of carbonyl (C=O) groups is 3. The lowest BCUT2D eigenvalue weighted by molar-refractivity contribution is -0.148. The van der Waals surface area contributed by atoms with E-state index in [0.29, 0.717) is 71.7 Å². The molecule has 0 amide bonds. The minimum absolute atomic E-state index is 0.0186. The van der Waals surface area contributed by atoms with Crippen LogP contribution in [0.2, 0.25) is 0 Å². The van der Waals surface area contributed by atoms with E-state index in [9.17, 15) is 27.9 Å². The van der Waals surface area contributed by atoms with E-state index in [0.717, 1.165) is 63.7 Å². The van der Waals surface area contributed by atoms with Gasteiger partial charge in [0.1, 0.15) is 0 Å². The van der Waals surface area contributed by atoms with Gasteiger partial charge in [-0.2, -0.15) is 8.42 Å². The van der Waals surface area contributed by atoms with E-state index in [-0.39, 0.29) is 64.9 Å². The maximum atomic E-state index is 13.1. The normalized spacial score (nSPS) is 19.9. The molecule has 1 aromatic carbocycles. The number of esters is 2. The lowest BCUT2D eigenvalue weighted by atomic mass is 9.88. The van der Waals surface area contributed by atoms with Gasteiger partial charge in [0.05, 0.1) is 55.7 Å². The molecule has 14 heteroatoms. The minimum atomic E-state index is -3.98. The zero-order valence-corrected chi connectivity index (χ0v) is 47.0.